The predicted molar refractivity (Wildman–Crippen MR) is 22.3 cm³/mol. The van der Waals surface area contributed by atoms with E-state index in [-0.39, 0.29) is 12.5 Å². The molecule has 3 N–H and O–H groups in total. The van der Waals surface area contributed by atoms with Crippen LogP contribution < -0.4 is 5.73 Å². The van der Waals surface area contributed by atoms with E-state index in [0.29, 0.717) is 0 Å². The predicted octanol–water partition coefficient (Wildman–Crippen LogP) is -1.54. The zero-order valence-electron chi connectivity index (χ0n) is 3.48. The normalized spacial score (nSPS) is 7.50. The van der Waals surface area contributed by atoms with E-state index in [9.17, 15) is 4.79 Å². The molecule has 0 bridgehead atoms. The zero-order chi connectivity index (χ0) is 4.99. The summed E-state index contributed by atoms with van der Waals surface area (Å²) in [5, 5.41) is 0. The van der Waals surface area contributed by atoms with E-state index in [4.69, 9.17) is 0 Å². The fourth-order valence-corrected chi connectivity index (χ4v) is 0.0791. The first-order valence-electron chi connectivity index (χ1n) is 1.60. The Morgan fingerprint density at radius 3 is 2.50 bits per heavy atom. The van der Waals surface area contributed by atoms with Crippen LogP contribution in [0.4, 0.5) is 0 Å². The number of quaternary nitrogens is 1. The van der Waals surface area contributed by atoms with Crippen LogP contribution in [0.3, 0.4) is 0 Å². The Hall–Kier alpha value is -0.700. The lowest BCUT2D eigenvalue weighted by atomic mass is 10.6. The van der Waals surface area contributed by atoms with Crippen molar-refractivity contribution in [1.82, 2.24) is 0 Å². The Balaban J connectivity index is 3.23. The maximum Gasteiger partial charge on any atom is 0.300 e. The van der Waals surface area contributed by atoms with E-state index in [1.54, 1.807) is 0 Å². The molecule has 34 valence electrons. The monoisotopic (exact) mass is 87.1 g/mol. The molecule has 0 heterocycles. The average Bonchev–Trinajstić information content (AvgIpc) is 1.65. The van der Waals surface area contributed by atoms with Crippen LogP contribution >= 0.6 is 0 Å². The molecule has 0 aromatic rings. The lowest BCUT2D eigenvalue weighted by Gasteiger charge is -1.73. The van der Waals surface area contributed by atoms with Crippen molar-refractivity contribution in [3.05, 3.63) is 0 Å². The summed E-state index contributed by atoms with van der Waals surface area (Å²) in [6.07, 6.45) is 0. The van der Waals surface area contributed by atoms with E-state index in [0.717, 1.165) is 0 Å². The molecular weight excluding hydrogens is 80.0 g/mol. The lowest BCUT2D eigenvalue weighted by Crippen LogP contribution is -2.53. The minimum atomic E-state index is -0.255. The van der Waals surface area contributed by atoms with Gasteiger partial charge >= 0.3 is 0 Å². The summed E-state index contributed by atoms with van der Waals surface area (Å²) in [7, 11) is 0. The summed E-state index contributed by atoms with van der Waals surface area (Å²) < 4.78 is 0. The van der Waals surface area contributed by atoms with Gasteiger partial charge in [0.1, 0.15) is 0 Å². The van der Waals surface area contributed by atoms with Gasteiger partial charge in [-0.05, 0) is 6.72 Å². The number of carbonyl (C=O) groups is 1. The fraction of sp³-hybridized carbons (Fsp3) is 0.333. The summed E-state index contributed by atoms with van der Waals surface area (Å²) in [5.41, 5.74) is 3.27. The molecule has 0 spiro atoms. The topological polar surface area (TPSA) is 57.1 Å². The highest BCUT2D eigenvalue weighted by molar-refractivity contribution is 5.81. The smallest absolute Gasteiger partial charge is 0.300 e. The molecule has 0 atom stereocenters. The number of rotatable bonds is 1. The van der Waals surface area contributed by atoms with Gasteiger partial charge in [-0.1, -0.05) is 0 Å². The second kappa shape index (κ2) is 2.53. The Morgan fingerprint density at radius 2 is 2.50 bits per heavy atom. The van der Waals surface area contributed by atoms with Crippen molar-refractivity contribution in [3.63, 3.8) is 0 Å². The highest BCUT2D eigenvalue weighted by Gasteiger charge is 1.87. The van der Waals surface area contributed by atoms with Crippen molar-refractivity contribution in [2.24, 2.45) is 4.99 Å². The zero-order valence-corrected chi connectivity index (χ0v) is 3.48. The van der Waals surface area contributed by atoms with E-state index < -0.39 is 0 Å². The first kappa shape index (κ1) is 5.30. The summed E-state index contributed by atoms with van der Waals surface area (Å²) in [4.78, 5) is 12.9. The Kier molecular flexibility index (Phi) is 2.24. The summed E-state index contributed by atoms with van der Waals surface area (Å²) in [6, 6.07) is 0. The molecule has 0 aliphatic carbocycles. The molecule has 3 heteroatoms. The van der Waals surface area contributed by atoms with Gasteiger partial charge in [-0.15, -0.1) is 0 Å². The molecule has 0 aromatic heterocycles. The Labute approximate surface area is 35.9 Å². The van der Waals surface area contributed by atoms with E-state index in [1.165, 1.54) is 0 Å². The first-order chi connectivity index (χ1) is 2.81. The van der Waals surface area contributed by atoms with Crippen LogP contribution in [0.25, 0.3) is 0 Å². The van der Waals surface area contributed by atoms with Crippen LogP contribution in [-0.4, -0.2) is 19.2 Å². The van der Waals surface area contributed by atoms with Crippen LogP contribution in [0, 0.1) is 0 Å². The molecule has 0 saturated carbocycles. The largest absolute Gasteiger partial charge is 0.350 e. The van der Waals surface area contributed by atoms with E-state index >= 15 is 0 Å². The van der Waals surface area contributed by atoms with Gasteiger partial charge in [-0.3, -0.25) is 4.79 Å². The van der Waals surface area contributed by atoms with Gasteiger partial charge in [0, 0.05) is 0 Å². The number of carbonyl (C=O) groups excluding carboxylic acids is 1. The van der Waals surface area contributed by atoms with Gasteiger partial charge in [-0.2, -0.15) is 0 Å². The minimum Gasteiger partial charge on any atom is -0.350 e. The van der Waals surface area contributed by atoms with Crippen LogP contribution in [0.1, 0.15) is 0 Å². The highest BCUT2D eigenvalue weighted by Crippen LogP contribution is 1.58. The van der Waals surface area contributed by atoms with Crippen molar-refractivity contribution in [2.75, 3.05) is 6.54 Å². The van der Waals surface area contributed by atoms with Gasteiger partial charge in [-0.25, -0.2) is 4.99 Å². The molecule has 6 heavy (non-hydrogen) atoms. The molecule has 0 radical (unpaired) electrons. The van der Waals surface area contributed by atoms with Crippen molar-refractivity contribution in [1.29, 1.82) is 0 Å². The van der Waals surface area contributed by atoms with Gasteiger partial charge in [0.25, 0.3) is 5.91 Å². The van der Waals surface area contributed by atoms with Crippen LogP contribution in [0.15, 0.2) is 4.99 Å². The number of hydrogen-bond donors (Lipinski definition) is 1. The van der Waals surface area contributed by atoms with Gasteiger partial charge < -0.3 is 5.73 Å². The van der Waals surface area contributed by atoms with Crippen molar-refractivity contribution in [3.8, 4) is 0 Å². The van der Waals surface area contributed by atoms with Crippen LogP contribution in [-0.2, 0) is 4.79 Å². The highest BCUT2D eigenvalue weighted by atomic mass is 16.1. The first-order valence-corrected chi connectivity index (χ1v) is 1.60. The molecule has 0 aliphatic rings. The lowest BCUT2D eigenvalue weighted by molar-refractivity contribution is -0.354. The van der Waals surface area contributed by atoms with Crippen LogP contribution in [0.5, 0.6) is 0 Å². The molecule has 3 nitrogen and oxygen atoms in total. The summed E-state index contributed by atoms with van der Waals surface area (Å²) >= 11 is 0. The minimum absolute atomic E-state index is 0.212. The third-order valence-electron chi connectivity index (χ3n) is 0.390. The quantitative estimate of drug-likeness (QED) is 0.387. The molecule has 1 amide bonds. The molecule has 0 unspecified atom stereocenters. The third-order valence-corrected chi connectivity index (χ3v) is 0.390. The van der Waals surface area contributed by atoms with Gasteiger partial charge in [0.2, 0.25) is 0 Å². The van der Waals surface area contributed by atoms with Crippen LogP contribution in [0.2, 0.25) is 0 Å². The maximum absolute atomic E-state index is 9.89. The van der Waals surface area contributed by atoms with Crippen molar-refractivity contribution < 1.29 is 10.5 Å². The molecule has 0 fully saturated rings. The fourth-order valence-electron chi connectivity index (χ4n) is 0.0791. The van der Waals surface area contributed by atoms with E-state index in [2.05, 4.69) is 17.4 Å². The Bertz CT molecular complexity index is 69.2. The number of amides is 1. The maximum atomic E-state index is 9.89. The second-order valence-electron chi connectivity index (χ2n) is 0.802. The molecule has 0 rings (SSSR count). The second-order valence-corrected chi connectivity index (χ2v) is 0.802. The van der Waals surface area contributed by atoms with Crippen molar-refractivity contribution in [2.45, 2.75) is 0 Å². The summed E-state index contributed by atoms with van der Waals surface area (Å²) in [5.74, 6) is -0.255. The van der Waals surface area contributed by atoms with E-state index in [1.807, 2.05) is 0 Å². The number of nitrogens with zero attached hydrogens (tertiary/aromatic N) is 1. The number of aliphatic imine (C=N–C) groups is 1. The van der Waals surface area contributed by atoms with Crippen molar-refractivity contribution >= 4 is 12.6 Å². The average molecular weight is 87.1 g/mol. The third kappa shape index (κ3) is 1.60. The standard InChI is InChI=1S/C3H6N2O/c1-5-3(6)2-4/h1-2,4H2/p+1. The number of hydrogen-bond acceptors (Lipinski definition) is 1. The van der Waals surface area contributed by atoms with Gasteiger partial charge in [0.15, 0.2) is 6.54 Å². The molecular formula is C3H7N2O+. The molecule has 0 saturated heterocycles. The summed E-state index contributed by atoms with van der Waals surface area (Å²) in [6.45, 7) is 3.20. The molecule has 0 aromatic carbocycles. The Morgan fingerprint density at radius 1 is 2.00 bits per heavy atom. The molecule has 0 aliphatic heterocycles. The SMILES string of the molecule is C=NC(=O)C[NH3+]. The van der Waals surface area contributed by atoms with Gasteiger partial charge in [0.05, 0.1) is 0 Å².